The fourth-order valence-electron chi connectivity index (χ4n) is 4.40. The number of benzene rings is 1. The van der Waals surface area contributed by atoms with E-state index in [-0.39, 0.29) is 11.3 Å². The van der Waals surface area contributed by atoms with Gasteiger partial charge in [-0.15, -0.1) is 0 Å². The lowest BCUT2D eigenvalue weighted by atomic mass is 10.1. The molecule has 1 fully saturated rings. The van der Waals surface area contributed by atoms with Crippen molar-refractivity contribution in [2.45, 2.75) is 78.2 Å². The summed E-state index contributed by atoms with van der Waals surface area (Å²) in [7, 11) is 0. The molecule has 1 aromatic carbocycles. The molecule has 1 aliphatic rings. The molecule has 10 nitrogen and oxygen atoms in total. The highest BCUT2D eigenvalue weighted by Crippen LogP contribution is 2.29. The van der Waals surface area contributed by atoms with Gasteiger partial charge in [-0.05, 0) is 83.7 Å². The van der Waals surface area contributed by atoms with Crippen LogP contribution in [0.15, 0.2) is 30.5 Å². The minimum Gasteiger partial charge on any atom is -0.444 e. The fraction of sp³-hybridized carbons (Fsp3) is 0.571. The van der Waals surface area contributed by atoms with Gasteiger partial charge in [0.2, 0.25) is 5.28 Å². The molecular weight excluding hydrogens is 555 g/mol. The van der Waals surface area contributed by atoms with Crippen LogP contribution >= 0.6 is 23.2 Å². The number of hydrogen-bond acceptors (Lipinski definition) is 8. The van der Waals surface area contributed by atoms with Gasteiger partial charge in [-0.25, -0.2) is 14.6 Å². The summed E-state index contributed by atoms with van der Waals surface area (Å²) in [6.07, 6.45) is 1.83. The van der Waals surface area contributed by atoms with Crippen LogP contribution in [0.2, 0.25) is 10.3 Å². The monoisotopic (exact) mass is 594 g/mol. The van der Waals surface area contributed by atoms with Crippen LogP contribution in [0, 0.1) is 0 Å². The summed E-state index contributed by atoms with van der Waals surface area (Å²) in [5.74, 6) is 0.534. The largest absolute Gasteiger partial charge is 0.444 e. The molecule has 0 bridgehead atoms. The summed E-state index contributed by atoms with van der Waals surface area (Å²) in [5.41, 5.74) is 6.16. The molecule has 1 unspecified atom stereocenters. The summed E-state index contributed by atoms with van der Waals surface area (Å²) in [6, 6.07) is 7.25. The van der Waals surface area contributed by atoms with Crippen molar-refractivity contribution in [3.05, 3.63) is 46.3 Å². The standard InChI is InChI=1S/C28H40Cl2N6O4/c1-27(2,3)39-25(37)35(17-19-9-7-10-20(31)15-19)12-8-13-36(26(38)40-28(4,5)6)21-11-14-34(18-21)23-22(29)16-32-24(30)33-23/h7,9-10,15-16,21H,8,11-14,17-18,31H2,1-6H3. The Kier molecular flexibility index (Phi) is 10.3. The smallest absolute Gasteiger partial charge is 0.410 e. The van der Waals surface area contributed by atoms with E-state index >= 15 is 0 Å². The van der Waals surface area contributed by atoms with Gasteiger partial charge in [0.15, 0.2) is 5.82 Å². The molecule has 0 saturated carbocycles. The number of nitrogens with zero attached hydrogens (tertiary/aromatic N) is 5. The Morgan fingerprint density at radius 3 is 2.40 bits per heavy atom. The lowest BCUT2D eigenvalue weighted by molar-refractivity contribution is 0.0146. The molecule has 220 valence electrons. The Bertz CT molecular complexity index is 1180. The molecule has 1 atom stereocenters. The van der Waals surface area contributed by atoms with Gasteiger partial charge in [0, 0.05) is 38.4 Å². The van der Waals surface area contributed by atoms with Gasteiger partial charge in [-0.2, -0.15) is 4.98 Å². The second kappa shape index (κ2) is 13.1. The predicted octanol–water partition coefficient (Wildman–Crippen LogP) is 6.01. The Morgan fingerprint density at radius 1 is 1.07 bits per heavy atom. The van der Waals surface area contributed by atoms with Crippen molar-refractivity contribution in [2.24, 2.45) is 0 Å². The van der Waals surface area contributed by atoms with Gasteiger partial charge in [0.25, 0.3) is 0 Å². The molecule has 0 radical (unpaired) electrons. The Balaban J connectivity index is 1.75. The number of hydrogen-bond donors (Lipinski definition) is 1. The molecule has 12 heteroatoms. The molecule has 0 spiro atoms. The molecule has 2 heterocycles. The van der Waals surface area contributed by atoms with Crippen LogP contribution in [0.5, 0.6) is 0 Å². The normalized spacial score (nSPS) is 15.6. The first-order chi connectivity index (χ1) is 18.6. The number of nitrogens with two attached hydrogens (primary N) is 1. The van der Waals surface area contributed by atoms with E-state index in [4.69, 9.17) is 38.4 Å². The highest BCUT2D eigenvalue weighted by atomic mass is 35.5. The molecular formula is C28H40Cl2N6O4. The van der Waals surface area contributed by atoms with Crippen molar-refractivity contribution < 1.29 is 19.1 Å². The predicted molar refractivity (Wildman–Crippen MR) is 158 cm³/mol. The SMILES string of the molecule is CC(C)(C)OC(=O)N(CCCN(C(=O)OC(C)(C)C)C1CCN(c2nc(Cl)ncc2Cl)C1)Cc1cccc(N)c1. The van der Waals surface area contributed by atoms with Crippen LogP contribution in [0.1, 0.15) is 59.9 Å². The highest BCUT2D eigenvalue weighted by molar-refractivity contribution is 6.33. The zero-order valence-corrected chi connectivity index (χ0v) is 25.6. The molecule has 2 aromatic rings. The topological polar surface area (TPSA) is 114 Å². The molecule has 40 heavy (non-hydrogen) atoms. The van der Waals surface area contributed by atoms with Crippen molar-refractivity contribution in [3.63, 3.8) is 0 Å². The van der Waals surface area contributed by atoms with Gasteiger partial charge < -0.3 is 29.9 Å². The maximum atomic E-state index is 13.3. The summed E-state index contributed by atoms with van der Waals surface area (Å²) < 4.78 is 11.4. The Hall–Kier alpha value is -2.98. The number of aromatic nitrogens is 2. The molecule has 1 saturated heterocycles. The molecule has 0 aliphatic carbocycles. The number of amides is 2. The van der Waals surface area contributed by atoms with E-state index < -0.39 is 23.4 Å². The number of halogens is 2. The summed E-state index contributed by atoms with van der Waals surface area (Å²) in [5, 5.41) is 0.498. The van der Waals surface area contributed by atoms with Gasteiger partial charge in [-0.3, -0.25) is 0 Å². The van der Waals surface area contributed by atoms with Crippen LogP contribution in [0.3, 0.4) is 0 Å². The van der Waals surface area contributed by atoms with Crippen molar-refractivity contribution in [3.8, 4) is 0 Å². The highest BCUT2D eigenvalue weighted by Gasteiger charge is 2.35. The van der Waals surface area contributed by atoms with Crippen LogP contribution in [0.25, 0.3) is 0 Å². The third-order valence-electron chi connectivity index (χ3n) is 6.03. The number of carbonyl (C=O) groups is 2. The third kappa shape index (κ3) is 9.59. The molecule has 1 aromatic heterocycles. The van der Waals surface area contributed by atoms with Gasteiger partial charge >= 0.3 is 12.2 Å². The Labute approximate surface area is 246 Å². The van der Waals surface area contributed by atoms with Crippen molar-refractivity contribution in [1.82, 2.24) is 19.8 Å². The second-order valence-corrected chi connectivity index (χ2v) is 12.6. The van der Waals surface area contributed by atoms with Gasteiger partial charge in [0.05, 0.1) is 12.2 Å². The van der Waals surface area contributed by atoms with Gasteiger partial charge in [0.1, 0.15) is 16.2 Å². The number of nitrogen functional groups attached to an aromatic ring is 1. The average Bonchev–Trinajstić information content (AvgIpc) is 3.30. The average molecular weight is 596 g/mol. The first kappa shape index (κ1) is 31.5. The zero-order chi connectivity index (χ0) is 29.7. The lowest BCUT2D eigenvalue weighted by Gasteiger charge is -2.33. The van der Waals surface area contributed by atoms with Crippen molar-refractivity contribution in [2.75, 3.05) is 36.8 Å². The van der Waals surface area contributed by atoms with E-state index in [1.165, 1.54) is 6.20 Å². The van der Waals surface area contributed by atoms with Gasteiger partial charge in [-0.1, -0.05) is 23.7 Å². The first-order valence-electron chi connectivity index (χ1n) is 13.4. The van der Waals surface area contributed by atoms with E-state index in [2.05, 4.69) is 9.97 Å². The fourth-order valence-corrected chi connectivity index (χ4v) is 4.74. The quantitative estimate of drug-likeness (QED) is 0.292. The Morgan fingerprint density at radius 2 is 1.75 bits per heavy atom. The number of rotatable bonds is 8. The minimum atomic E-state index is -0.660. The lowest BCUT2D eigenvalue weighted by Crippen LogP contribution is -2.46. The second-order valence-electron chi connectivity index (χ2n) is 11.9. The number of anilines is 2. The minimum absolute atomic E-state index is 0.106. The van der Waals surface area contributed by atoms with E-state index in [1.54, 1.807) is 15.9 Å². The summed E-state index contributed by atoms with van der Waals surface area (Å²) in [4.78, 5) is 40.0. The molecule has 2 N–H and O–H groups in total. The van der Waals surface area contributed by atoms with Crippen LogP contribution in [-0.2, 0) is 16.0 Å². The molecule has 1 aliphatic heterocycles. The first-order valence-corrected chi connectivity index (χ1v) is 14.1. The number of carbonyl (C=O) groups excluding carboxylic acids is 2. The third-order valence-corrected chi connectivity index (χ3v) is 6.48. The molecule has 2 amide bonds. The van der Waals surface area contributed by atoms with Crippen LogP contribution in [0.4, 0.5) is 21.1 Å². The van der Waals surface area contributed by atoms with E-state index in [0.29, 0.717) is 62.1 Å². The van der Waals surface area contributed by atoms with Crippen molar-refractivity contribution in [1.29, 1.82) is 0 Å². The van der Waals surface area contributed by atoms with E-state index in [0.717, 1.165) is 5.56 Å². The maximum absolute atomic E-state index is 13.3. The summed E-state index contributed by atoms with van der Waals surface area (Å²) >= 11 is 12.3. The van der Waals surface area contributed by atoms with Crippen molar-refractivity contribution >= 4 is 46.9 Å². The van der Waals surface area contributed by atoms with E-state index in [1.807, 2.05) is 64.6 Å². The number of ether oxygens (including phenoxy) is 2. The summed E-state index contributed by atoms with van der Waals surface area (Å²) in [6.45, 7) is 13.2. The molecule has 3 rings (SSSR count). The van der Waals surface area contributed by atoms with Crippen LogP contribution < -0.4 is 10.6 Å². The maximum Gasteiger partial charge on any atom is 0.410 e. The zero-order valence-electron chi connectivity index (χ0n) is 24.1. The van der Waals surface area contributed by atoms with Crippen LogP contribution in [-0.4, -0.2) is 75.4 Å². The van der Waals surface area contributed by atoms with E-state index in [9.17, 15) is 9.59 Å².